The Morgan fingerprint density at radius 3 is 2.95 bits per heavy atom. The van der Waals surface area contributed by atoms with Crippen molar-refractivity contribution in [3.63, 3.8) is 0 Å². The van der Waals surface area contributed by atoms with E-state index in [2.05, 4.69) is 4.98 Å². The molecule has 0 aliphatic heterocycles. The molecule has 2 N–H and O–H groups in total. The second-order valence-corrected chi connectivity index (χ2v) is 5.28. The molecule has 0 radical (unpaired) electrons. The molecule has 0 aromatic carbocycles. The third kappa shape index (κ3) is 3.42. The monoisotopic (exact) mass is 279 g/mol. The Morgan fingerprint density at radius 1 is 1.53 bits per heavy atom. The zero-order valence-corrected chi connectivity index (χ0v) is 11.9. The van der Waals surface area contributed by atoms with Gasteiger partial charge in [0.2, 0.25) is 0 Å². The van der Waals surface area contributed by atoms with Crippen LogP contribution >= 0.6 is 11.3 Å². The molecule has 0 atom stereocenters. The molecule has 6 heteroatoms. The zero-order chi connectivity index (χ0) is 13.8. The second-order valence-electron chi connectivity index (χ2n) is 4.34. The van der Waals surface area contributed by atoms with Crippen molar-refractivity contribution in [2.45, 2.75) is 19.9 Å². The van der Waals surface area contributed by atoms with Gasteiger partial charge in [-0.05, 0) is 25.6 Å². The number of carbonyl (C=O) groups excluding carboxylic acids is 1. The minimum absolute atomic E-state index is 0.103. The van der Waals surface area contributed by atoms with E-state index >= 15 is 0 Å². The number of hydrogen-bond acceptors (Lipinski definition) is 5. The SMILES string of the molecule is Cc1ccc(CN(C)C(=O)c2csc(CCN)n2)o1. The summed E-state index contributed by atoms with van der Waals surface area (Å²) in [6.07, 6.45) is 0.707. The lowest BCUT2D eigenvalue weighted by molar-refractivity contribution is 0.0770. The van der Waals surface area contributed by atoms with Crippen LogP contribution in [0.4, 0.5) is 0 Å². The van der Waals surface area contributed by atoms with Crippen molar-refractivity contribution in [2.24, 2.45) is 5.73 Å². The second kappa shape index (κ2) is 5.99. The maximum absolute atomic E-state index is 12.2. The van der Waals surface area contributed by atoms with Crippen molar-refractivity contribution in [2.75, 3.05) is 13.6 Å². The molecule has 0 unspecified atom stereocenters. The summed E-state index contributed by atoms with van der Waals surface area (Å²) in [6.45, 7) is 2.87. The number of aromatic nitrogens is 1. The van der Waals surface area contributed by atoms with Crippen molar-refractivity contribution in [1.82, 2.24) is 9.88 Å². The Bertz CT molecular complexity index is 562. The molecule has 5 nitrogen and oxygen atoms in total. The molecule has 0 fully saturated rings. The van der Waals surface area contributed by atoms with Crippen molar-refractivity contribution >= 4 is 17.2 Å². The molecule has 0 spiro atoms. The van der Waals surface area contributed by atoms with E-state index in [4.69, 9.17) is 10.2 Å². The normalized spacial score (nSPS) is 10.7. The van der Waals surface area contributed by atoms with Gasteiger partial charge in [-0.2, -0.15) is 0 Å². The van der Waals surface area contributed by atoms with Crippen LogP contribution in [0, 0.1) is 6.92 Å². The van der Waals surface area contributed by atoms with Crippen molar-refractivity contribution in [1.29, 1.82) is 0 Å². The van der Waals surface area contributed by atoms with E-state index in [1.54, 1.807) is 17.3 Å². The Labute approximate surface area is 116 Å². The van der Waals surface area contributed by atoms with Crippen molar-refractivity contribution < 1.29 is 9.21 Å². The summed E-state index contributed by atoms with van der Waals surface area (Å²) in [7, 11) is 1.74. The van der Waals surface area contributed by atoms with Crippen LogP contribution < -0.4 is 5.73 Å². The highest BCUT2D eigenvalue weighted by atomic mass is 32.1. The van der Waals surface area contributed by atoms with E-state index in [-0.39, 0.29) is 5.91 Å². The molecular weight excluding hydrogens is 262 g/mol. The number of nitrogens with two attached hydrogens (primary N) is 1. The molecule has 102 valence electrons. The number of rotatable bonds is 5. The molecule has 2 aromatic rings. The number of nitrogens with zero attached hydrogens (tertiary/aromatic N) is 2. The van der Waals surface area contributed by atoms with Crippen LogP contribution in [0.1, 0.15) is 27.0 Å². The number of carbonyl (C=O) groups is 1. The molecule has 2 rings (SSSR count). The fourth-order valence-electron chi connectivity index (χ4n) is 1.72. The first kappa shape index (κ1) is 13.8. The van der Waals surface area contributed by atoms with Gasteiger partial charge in [0, 0.05) is 18.8 Å². The smallest absolute Gasteiger partial charge is 0.273 e. The standard InChI is InChI=1S/C13H17N3O2S/c1-9-3-4-10(18-9)7-16(2)13(17)11-8-19-12(15-11)5-6-14/h3-4,8H,5-7,14H2,1-2H3. The number of thiazole rings is 1. The minimum atomic E-state index is -0.103. The summed E-state index contributed by atoms with van der Waals surface area (Å²) in [6, 6.07) is 3.76. The fraction of sp³-hybridized carbons (Fsp3) is 0.385. The van der Waals surface area contributed by atoms with Gasteiger partial charge in [-0.1, -0.05) is 0 Å². The Kier molecular flexibility index (Phi) is 4.34. The molecule has 19 heavy (non-hydrogen) atoms. The third-order valence-corrected chi connectivity index (χ3v) is 3.57. The summed E-state index contributed by atoms with van der Waals surface area (Å²) >= 11 is 1.47. The average Bonchev–Trinajstić information content (AvgIpc) is 2.98. The van der Waals surface area contributed by atoms with E-state index in [0.29, 0.717) is 25.2 Å². The fourth-order valence-corrected chi connectivity index (χ4v) is 2.51. The molecule has 2 heterocycles. The Morgan fingerprint density at radius 2 is 2.32 bits per heavy atom. The molecular formula is C13H17N3O2S. The van der Waals surface area contributed by atoms with E-state index in [1.165, 1.54) is 11.3 Å². The van der Waals surface area contributed by atoms with Gasteiger partial charge in [-0.25, -0.2) is 4.98 Å². The van der Waals surface area contributed by atoms with Crippen LogP contribution in [0.5, 0.6) is 0 Å². The van der Waals surface area contributed by atoms with Crippen LogP contribution in [0.25, 0.3) is 0 Å². The summed E-state index contributed by atoms with van der Waals surface area (Å²) in [5.74, 6) is 1.51. The largest absolute Gasteiger partial charge is 0.464 e. The minimum Gasteiger partial charge on any atom is -0.464 e. The van der Waals surface area contributed by atoms with E-state index < -0.39 is 0 Å². The van der Waals surface area contributed by atoms with Gasteiger partial charge in [-0.3, -0.25) is 4.79 Å². The first-order valence-corrected chi connectivity index (χ1v) is 6.93. The predicted octanol–water partition coefficient (Wildman–Crippen LogP) is 1.82. The predicted molar refractivity (Wildman–Crippen MR) is 74.1 cm³/mol. The van der Waals surface area contributed by atoms with Crippen LogP contribution in [0.2, 0.25) is 0 Å². The van der Waals surface area contributed by atoms with Gasteiger partial charge in [-0.15, -0.1) is 11.3 Å². The summed E-state index contributed by atoms with van der Waals surface area (Å²) in [4.78, 5) is 18.1. The first-order valence-electron chi connectivity index (χ1n) is 6.05. The van der Waals surface area contributed by atoms with Gasteiger partial charge >= 0.3 is 0 Å². The maximum atomic E-state index is 12.2. The number of hydrogen-bond donors (Lipinski definition) is 1. The van der Waals surface area contributed by atoms with E-state index in [9.17, 15) is 4.79 Å². The van der Waals surface area contributed by atoms with Gasteiger partial charge in [0.15, 0.2) is 0 Å². The molecule has 0 bridgehead atoms. The lowest BCUT2D eigenvalue weighted by Crippen LogP contribution is -2.26. The summed E-state index contributed by atoms with van der Waals surface area (Å²) < 4.78 is 5.46. The summed E-state index contributed by atoms with van der Waals surface area (Å²) in [5.41, 5.74) is 5.94. The highest BCUT2D eigenvalue weighted by Crippen LogP contribution is 2.14. The third-order valence-electron chi connectivity index (χ3n) is 2.66. The zero-order valence-electron chi connectivity index (χ0n) is 11.0. The topological polar surface area (TPSA) is 72.4 Å². The van der Waals surface area contributed by atoms with Gasteiger partial charge in [0.05, 0.1) is 11.6 Å². The average molecular weight is 279 g/mol. The van der Waals surface area contributed by atoms with Crippen LogP contribution in [-0.4, -0.2) is 29.4 Å². The van der Waals surface area contributed by atoms with Crippen molar-refractivity contribution in [3.8, 4) is 0 Å². The first-order chi connectivity index (χ1) is 9.10. The van der Waals surface area contributed by atoms with E-state index in [1.807, 2.05) is 19.1 Å². The Balaban J connectivity index is 2.01. The lowest BCUT2D eigenvalue weighted by Gasteiger charge is -2.13. The van der Waals surface area contributed by atoms with Gasteiger partial charge in [0.1, 0.15) is 17.2 Å². The van der Waals surface area contributed by atoms with Crippen LogP contribution in [0.3, 0.4) is 0 Å². The van der Waals surface area contributed by atoms with Crippen LogP contribution in [-0.2, 0) is 13.0 Å². The number of amides is 1. The summed E-state index contributed by atoms with van der Waals surface area (Å²) in [5, 5.41) is 2.67. The van der Waals surface area contributed by atoms with Gasteiger partial charge in [0.25, 0.3) is 5.91 Å². The molecule has 0 saturated heterocycles. The quantitative estimate of drug-likeness (QED) is 0.906. The molecule has 1 amide bonds. The van der Waals surface area contributed by atoms with Crippen molar-refractivity contribution in [3.05, 3.63) is 39.7 Å². The molecule has 2 aromatic heterocycles. The maximum Gasteiger partial charge on any atom is 0.273 e. The van der Waals surface area contributed by atoms with Crippen LogP contribution in [0.15, 0.2) is 21.9 Å². The van der Waals surface area contributed by atoms with Gasteiger partial charge < -0.3 is 15.1 Å². The Hall–Kier alpha value is -1.66. The highest BCUT2D eigenvalue weighted by molar-refractivity contribution is 7.09. The lowest BCUT2D eigenvalue weighted by atomic mass is 10.3. The molecule has 0 aliphatic rings. The highest BCUT2D eigenvalue weighted by Gasteiger charge is 2.16. The molecule has 0 aliphatic carbocycles. The van der Waals surface area contributed by atoms with E-state index in [0.717, 1.165) is 16.5 Å². The number of aryl methyl sites for hydroxylation is 1. The number of furan rings is 1. The molecule has 0 saturated carbocycles.